The van der Waals surface area contributed by atoms with Gasteiger partial charge in [-0.05, 0) is 55.5 Å². The van der Waals surface area contributed by atoms with Gasteiger partial charge < -0.3 is 0 Å². The lowest BCUT2D eigenvalue weighted by atomic mass is 10.1. The molecule has 0 bridgehead atoms. The zero-order chi connectivity index (χ0) is 13.8. The first-order chi connectivity index (χ1) is 9.09. The molecule has 0 aliphatic rings. The second-order valence-electron chi connectivity index (χ2n) is 4.99. The normalized spacial score (nSPS) is 11.4. The summed E-state index contributed by atoms with van der Waals surface area (Å²) in [6, 6.07) is 14.4. The van der Waals surface area contributed by atoms with Crippen LogP contribution < -0.4 is 5.30 Å². The highest BCUT2D eigenvalue weighted by atomic mass is 31.1. The Morgan fingerprint density at radius 2 is 1.58 bits per heavy atom. The molecule has 2 aromatic rings. The van der Waals surface area contributed by atoms with Gasteiger partial charge in [0.2, 0.25) is 0 Å². The van der Waals surface area contributed by atoms with Crippen molar-refractivity contribution < 1.29 is 4.57 Å². The fourth-order valence-electron chi connectivity index (χ4n) is 2.21. The largest absolute Gasteiger partial charge is 0.282 e. The first kappa shape index (κ1) is 14.0. The summed E-state index contributed by atoms with van der Waals surface area (Å²) in [7, 11) is -1.30. The van der Waals surface area contributed by atoms with E-state index in [1.165, 1.54) is 22.3 Å². The third-order valence-corrected chi connectivity index (χ3v) is 5.40. The van der Waals surface area contributed by atoms with Crippen molar-refractivity contribution in [3.05, 3.63) is 64.7 Å². The maximum Gasteiger partial charge on any atom is 0.104 e. The van der Waals surface area contributed by atoms with E-state index < -0.39 is 7.80 Å². The first-order valence-corrected chi connectivity index (χ1v) is 8.09. The van der Waals surface area contributed by atoms with Crippen molar-refractivity contribution in [2.75, 3.05) is 6.16 Å². The minimum absolute atomic E-state index is 0.725. The van der Waals surface area contributed by atoms with E-state index in [1.54, 1.807) is 0 Å². The van der Waals surface area contributed by atoms with Crippen molar-refractivity contribution in [2.24, 2.45) is 0 Å². The molecule has 0 fully saturated rings. The Balaban J connectivity index is 2.11. The maximum atomic E-state index is 12.5. The summed E-state index contributed by atoms with van der Waals surface area (Å²) in [5.74, 6) is 0. The molecule has 0 aliphatic carbocycles. The van der Waals surface area contributed by atoms with Crippen molar-refractivity contribution >= 4 is 13.1 Å². The lowest BCUT2D eigenvalue weighted by molar-refractivity contribution is 0.592. The molecule has 1 unspecified atom stereocenters. The van der Waals surface area contributed by atoms with E-state index in [-0.39, 0.29) is 0 Å². The molecule has 0 spiro atoms. The van der Waals surface area contributed by atoms with Crippen LogP contribution in [0.25, 0.3) is 0 Å². The quantitative estimate of drug-likeness (QED) is 0.757. The van der Waals surface area contributed by atoms with Crippen molar-refractivity contribution in [1.82, 2.24) is 0 Å². The smallest absolute Gasteiger partial charge is 0.104 e. The van der Waals surface area contributed by atoms with E-state index >= 15 is 0 Å². The van der Waals surface area contributed by atoms with Gasteiger partial charge in [0.1, 0.15) is 7.80 Å². The van der Waals surface area contributed by atoms with Gasteiger partial charge in [-0.3, -0.25) is 4.57 Å². The predicted molar refractivity (Wildman–Crippen MR) is 82.9 cm³/mol. The Labute approximate surface area is 116 Å². The van der Waals surface area contributed by atoms with Gasteiger partial charge in [0.15, 0.2) is 0 Å². The highest BCUT2D eigenvalue weighted by Crippen LogP contribution is 2.25. The summed E-state index contributed by atoms with van der Waals surface area (Å²) in [5, 5.41) is 1.02. The molecule has 0 amide bonds. The van der Waals surface area contributed by atoms with Crippen LogP contribution in [0.1, 0.15) is 22.3 Å². The molecule has 1 nitrogen and oxygen atoms in total. The Bertz CT molecular complexity index is 588. The molecule has 2 rings (SSSR count). The molecule has 0 saturated heterocycles. The topological polar surface area (TPSA) is 17.1 Å². The van der Waals surface area contributed by atoms with Crippen LogP contribution in [0, 0.1) is 20.8 Å². The van der Waals surface area contributed by atoms with Crippen molar-refractivity contribution in [3.8, 4) is 0 Å². The van der Waals surface area contributed by atoms with Crippen molar-refractivity contribution in [2.45, 2.75) is 27.2 Å². The van der Waals surface area contributed by atoms with Gasteiger partial charge in [0.05, 0.1) is 0 Å². The second-order valence-corrected chi connectivity index (χ2v) is 6.68. The summed E-state index contributed by atoms with van der Waals surface area (Å²) in [5.41, 5.74) is 4.98. The molecule has 2 aromatic carbocycles. The van der Waals surface area contributed by atoms with Crippen molar-refractivity contribution in [1.29, 1.82) is 0 Å². The molecule has 1 atom stereocenters. The first-order valence-electron chi connectivity index (χ1n) is 6.65. The zero-order valence-corrected chi connectivity index (χ0v) is 12.7. The molecular weight excluding hydrogens is 251 g/mol. The van der Waals surface area contributed by atoms with Gasteiger partial charge >= 0.3 is 0 Å². The number of hydrogen-bond donors (Lipinski definition) is 0. The minimum atomic E-state index is -1.30. The molecule has 1 radical (unpaired) electrons. The van der Waals surface area contributed by atoms with Crippen LogP contribution in [0.2, 0.25) is 0 Å². The van der Waals surface area contributed by atoms with Crippen LogP contribution in [0.3, 0.4) is 0 Å². The fraction of sp³-hybridized carbons (Fsp3) is 0.294. The third kappa shape index (κ3) is 3.30. The van der Waals surface area contributed by atoms with Crippen LogP contribution in [-0.4, -0.2) is 6.16 Å². The van der Waals surface area contributed by atoms with Crippen molar-refractivity contribution in [3.63, 3.8) is 0 Å². The Morgan fingerprint density at radius 3 is 2.26 bits per heavy atom. The maximum absolute atomic E-state index is 12.5. The van der Waals surface area contributed by atoms with E-state index in [0.29, 0.717) is 0 Å². The highest BCUT2D eigenvalue weighted by molar-refractivity contribution is 7.53. The van der Waals surface area contributed by atoms with Gasteiger partial charge in [-0.2, -0.15) is 0 Å². The Kier molecular flexibility index (Phi) is 4.50. The molecule has 0 aliphatic heterocycles. The van der Waals surface area contributed by atoms with Gasteiger partial charge in [-0.1, -0.05) is 36.4 Å². The molecule has 0 saturated carbocycles. The molecule has 0 aromatic heterocycles. The standard InChI is InChI=1S/C17H20OP/c1-13-9-10-17(15(3)14(13)2)19(18)12-11-16-7-5-4-6-8-16/h4-10H,11-12H2,1-3H3. The van der Waals surface area contributed by atoms with Gasteiger partial charge in [-0.15, -0.1) is 0 Å². The van der Waals surface area contributed by atoms with Crippen LogP contribution in [-0.2, 0) is 11.0 Å². The van der Waals surface area contributed by atoms with Gasteiger partial charge in [-0.25, -0.2) is 0 Å². The summed E-state index contributed by atoms with van der Waals surface area (Å²) in [6.07, 6.45) is 1.60. The van der Waals surface area contributed by atoms with E-state index in [9.17, 15) is 4.57 Å². The van der Waals surface area contributed by atoms with E-state index in [1.807, 2.05) is 24.3 Å². The summed E-state index contributed by atoms with van der Waals surface area (Å²) >= 11 is 0. The lowest BCUT2D eigenvalue weighted by Crippen LogP contribution is -2.07. The van der Waals surface area contributed by atoms with Gasteiger partial charge in [0.25, 0.3) is 0 Å². The summed E-state index contributed by atoms with van der Waals surface area (Å²) < 4.78 is 12.5. The number of hydrogen-bond acceptors (Lipinski definition) is 1. The SMILES string of the molecule is Cc1ccc([P](=O)CCc2ccccc2)c(C)c1C. The number of aryl methyl sites for hydroxylation is 2. The predicted octanol–water partition coefficient (Wildman–Crippen LogP) is 4.31. The lowest BCUT2D eigenvalue weighted by Gasteiger charge is -2.10. The fourth-order valence-corrected chi connectivity index (χ4v) is 3.69. The monoisotopic (exact) mass is 271 g/mol. The summed E-state index contributed by atoms with van der Waals surface area (Å²) in [6.45, 7) is 6.28. The average Bonchev–Trinajstić information content (AvgIpc) is 2.43. The molecular formula is C17H20OP. The van der Waals surface area contributed by atoms with E-state index in [2.05, 4.69) is 39.0 Å². The molecule has 99 valence electrons. The van der Waals surface area contributed by atoms with Crippen LogP contribution >= 0.6 is 7.80 Å². The third-order valence-electron chi connectivity index (χ3n) is 3.74. The van der Waals surface area contributed by atoms with Gasteiger partial charge in [0, 0.05) is 11.5 Å². The minimum Gasteiger partial charge on any atom is -0.282 e. The van der Waals surface area contributed by atoms with Crippen LogP contribution in [0.5, 0.6) is 0 Å². The highest BCUT2D eigenvalue weighted by Gasteiger charge is 2.10. The molecule has 0 N–H and O–H groups in total. The Hall–Kier alpha value is -1.46. The second kappa shape index (κ2) is 6.12. The van der Waals surface area contributed by atoms with E-state index in [0.717, 1.165) is 17.9 Å². The summed E-state index contributed by atoms with van der Waals surface area (Å²) in [4.78, 5) is 0. The average molecular weight is 271 g/mol. The molecule has 0 heterocycles. The molecule has 2 heteroatoms. The van der Waals surface area contributed by atoms with Crippen LogP contribution in [0.4, 0.5) is 0 Å². The number of rotatable bonds is 4. The van der Waals surface area contributed by atoms with Crippen LogP contribution in [0.15, 0.2) is 42.5 Å². The number of benzene rings is 2. The van der Waals surface area contributed by atoms with E-state index in [4.69, 9.17) is 0 Å². The Morgan fingerprint density at radius 1 is 0.895 bits per heavy atom. The molecule has 19 heavy (non-hydrogen) atoms. The zero-order valence-electron chi connectivity index (χ0n) is 11.8.